The molecule has 0 aliphatic rings. The summed E-state index contributed by atoms with van der Waals surface area (Å²) in [6.07, 6.45) is -0.688. The zero-order valence-electron chi connectivity index (χ0n) is 14.0. The van der Waals surface area contributed by atoms with E-state index in [0.29, 0.717) is 5.39 Å². The van der Waals surface area contributed by atoms with Gasteiger partial charge in [0.05, 0.1) is 11.8 Å². The van der Waals surface area contributed by atoms with Gasteiger partial charge in [-0.25, -0.2) is 0 Å². The average Bonchev–Trinajstić information content (AvgIpc) is 2.52. The van der Waals surface area contributed by atoms with Crippen LogP contribution >= 0.6 is 0 Å². The maximum atomic E-state index is 12.5. The lowest BCUT2D eigenvalue weighted by Crippen LogP contribution is -2.37. The van der Waals surface area contributed by atoms with Crippen molar-refractivity contribution in [2.45, 2.75) is 24.8 Å². The number of methoxy groups -OCH3 is 1. The van der Waals surface area contributed by atoms with Crippen LogP contribution < -0.4 is 5.32 Å². The van der Waals surface area contributed by atoms with Crippen LogP contribution in [0.15, 0.2) is 41.3 Å². The maximum Gasteiger partial charge on any atom is 0.297 e. The number of ketones is 1. The number of carbonyl (C=O) groups is 2. The second-order valence-corrected chi connectivity index (χ2v) is 7.02. The van der Waals surface area contributed by atoms with E-state index in [2.05, 4.69) is 5.32 Å². The molecule has 0 spiro atoms. The van der Waals surface area contributed by atoms with E-state index in [9.17, 15) is 22.6 Å². The quantitative estimate of drug-likeness (QED) is 0.600. The summed E-state index contributed by atoms with van der Waals surface area (Å²) in [6, 6.07) is 9.53. The van der Waals surface area contributed by atoms with E-state index in [-0.39, 0.29) is 11.1 Å². The number of hydrogen-bond donors (Lipinski definition) is 2. The van der Waals surface area contributed by atoms with Crippen molar-refractivity contribution in [1.82, 2.24) is 0 Å². The third-order valence-corrected chi connectivity index (χ3v) is 4.91. The van der Waals surface area contributed by atoms with Gasteiger partial charge in [-0.3, -0.25) is 14.1 Å². The summed E-state index contributed by atoms with van der Waals surface area (Å²) in [5.41, 5.74) is -0.0965. The van der Waals surface area contributed by atoms with Gasteiger partial charge in [-0.15, -0.1) is 0 Å². The number of anilines is 1. The number of fused-ring (bicyclic) bond motifs is 1. The highest BCUT2D eigenvalue weighted by Crippen LogP contribution is 2.31. The lowest BCUT2D eigenvalue weighted by Gasteiger charge is -2.20. The van der Waals surface area contributed by atoms with Crippen molar-refractivity contribution in [3.63, 3.8) is 0 Å². The number of carbonyl (C=O) groups excluding carboxylic acids is 2. The van der Waals surface area contributed by atoms with Crippen LogP contribution in [0.5, 0.6) is 0 Å². The van der Waals surface area contributed by atoms with Crippen molar-refractivity contribution in [3.05, 3.63) is 36.4 Å². The van der Waals surface area contributed by atoms with E-state index in [1.807, 2.05) is 0 Å². The van der Waals surface area contributed by atoms with Gasteiger partial charge in [0.1, 0.15) is 16.6 Å². The smallest absolute Gasteiger partial charge is 0.297 e. The van der Waals surface area contributed by atoms with Gasteiger partial charge in [0.2, 0.25) is 5.91 Å². The first-order valence-electron chi connectivity index (χ1n) is 7.50. The van der Waals surface area contributed by atoms with Gasteiger partial charge in [-0.1, -0.05) is 30.3 Å². The van der Waals surface area contributed by atoms with E-state index in [0.717, 1.165) is 0 Å². The zero-order chi connectivity index (χ0) is 18.8. The molecule has 2 atom stereocenters. The molecule has 0 saturated carbocycles. The van der Waals surface area contributed by atoms with Crippen LogP contribution in [0.2, 0.25) is 0 Å². The van der Waals surface area contributed by atoms with Crippen LogP contribution in [0.25, 0.3) is 10.8 Å². The summed E-state index contributed by atoms with van der Waals surface area (Å²) in [5.74, 6) is -2.23. The number of nitrogens with one attached hydrogen (secondary N) is 1. The number of ether oxygens (including phenoxy) is 1. The van der Waals surface area contributed by atoms with Crippen molar-refractivity contribution in [1.29, 1.82) is 0 Å². The van der Waals surface area contributed by atoms with Crippen LogP contribution in [-0.4, -0.2) is 37.9 Å². The molecule has 8 heteroatoms. The first-order chi connectivity index (χ1) is 11.7. The fourth-order valence-corrected chi connectivity index (χ4v) is 3.56. The third-order valence-electron chi connectivity index (χ3n) is 3.96. The van der Waals surface area contributed by atoms with Gasteiger partial charge in [-0.05, 0) is 25.3 Å². The number of rotatable bonds is 6. The van der Waals surface area contributed by atoms with Crippen LogP contribution in [0, 0.1) is 5.92 Å². The van der Waals surface area contributed by atoms with E-state index in [1.165, 1.54) is 26.2 Å². The average molecular weight is 365 g/mol. The van der Waals surface area contributed by atoms with Gasteiger partial charge in [0.15, 0.2) is 0 Å². The molecule has 0 bridgehead atoms. The predicted octanol–water partition coefficient (Wildman–Crippen LogP) is 2.27. The fraction of sp³-hybridized carbons (Fsp3) is 0.294. The molecule has 0 radical (unpaired) electrons. The molecule has 0 fully saturated rings. The lowest BCUT2D eigenvalue weighted by molar-refractivity contribution is -0.134. The topological polar surface area (TPSA) is 110 Å². The zero-order valence-corrected chi connectivity index (χ0v) is 14.8. The highest BCUT2D eigenvalue weighted by atomic mass is 32.2. The predicted molar refractivity (Wildman–Crippen MR) is 93.0 cm³/mol. The first kappa shape index (κ1) is 19.0. The molecule has 0 aliphatic heterocycles. The third kappa shape index (κ3) is 4.04. The Balaban J connectivity index is 2.55. The van der Waals surface area contributed by atoms with Crippen LogP contribution in [0.1, 0.15) is 13.8 Å². The number of amides is 1. The van der Waals surface area contributed by atoms with Gasteiger partial charge in [-0.2, -0.15) is 8.42 Å². The van der Waals surface area contributed by atoms with Crippen molar-refractivity contribution in [3.8, 4) is 0 Å². The van der Waals surface area contributed by atoms with Gasteiger partial charge in [0, 0.05) is 12.5 Å². The molecule has 2 N–H and O–H groups in total. The lowest BCUT2D eigenvalue weighted by atomic mass is 9.98. The van der Waals surface area contributed by atoms with Gasteiger partial charge >= 0.3 is 0 Å². The monoisotopic (exact) mass is 365 g/mol. The Morgan fingerprint density at radius 3 is 2.36 bits per heavy atom. The summed E-state index contributed by atoms with van der Waals surface area (Å²) in [5, 5.41) is 3.28. The van der Waals surface area contributed by atoms with E-state index in [1.54, 1.807) is 31.2 Å². The Labute approximate surface area is 145 Å². The Morgan fingerprint density at radius 1 is 1.16 bits per heavy atom. The molecule has 2 aromatic rings. The normalized spacial score (nSPS) is 14.1. The minimum atomic E-state index is -4.61. The highest BCUT2D eigenvalue weighted by molar-refractivity contribution is 7.86. The Morgan fingerprint density at radius 2 is 1.80 bits per heavy atom. The summed E-state index contributed by atoms with van der Waals surface area (Å²) in [4.78, 5) is 23.8. The number of hydrogen-bond acceptors (Lipinski definition) is 5. The minimum absolute atomic E-state index is 0.0965. The molecule has 7 nitrogen and oxygen atoms in total. The molecule has 0 aromatic heterocycles. The maximum absolute atomic E-state index is 12.5. The fourth-order valence-electron chi connectivity index (χ4n) is 2.69. The molecule has 134 valence electrons. The molecule has 0 heterocycles. The highest BCUT2D eigenvalue weighted by Gasteiger charge is 2.31. The SMILES string of the molecule is COC(C)C(C(C)=O)C(=O)Nc1ccc2ccccc2c1S(=O)(=O)O. The first-order valence-corrected chi connectivity index (χ1v) is 8.94. The molecular weight excluding hydrogens is 346 g/mol. The molecule has 2 unspecified atom stereocenters. The van der Waals surface area contributed by atoms with Crippen LogP contribution in [-0.2, 0) is 24.4 Å². The second kappa shape index (κ2) is 7.30. The van der Waals surface area contributed by atoms with Crippen molar-refractivity contribution in [2.75, 3.05) is 12.4 Å². The number of benzene rings is 2. The summed E-state index contributed by atoms with van der Waals surface area (Å²) in [7, 11) is -3.24. The molecule has 0 saturated heterocycles. The summed E-state index contributed by atoms with van der Waals surface area (Å²) < 4.78 is 38.4. The van der Waals surface area contributed by atoms with E-state index >= 15 is 0 Å². The molecule has 1 amide bonds. The largest absolute Gasteiger partial charge is 0.380 e. The standard InChI is InChI=1S/C17H19NO6S/c1-10(19)15(11(2)24-3)17(20)18-14-9-8-12-6-4-5-7-13(12)16(14)25(21,22)23/h4-9,11,15H,1-3H3,(H,18,20)(H,21,22,23). The molecule has 25 heavy (non-hydrogen) atoms. The van der Waals surface area contributed by atoms with Gasteiger partial charge in [0.25, 0.3) is 10.1 Å². The van der Waals surface area contributed by atoms with E-state index in [4.69, 9.17) is 4.74 Å². The Hall–Kier alpha value is -2.29. The molecular formula is C17H19NO6S. The van der Waals surface area contributed by atoms with E-state index < -0.39 is 38.7 Å². The van der Waals surface area contributed by atoms with Crippen molar-refractivity contribution >= 4 is 38.3 Å². The molecule has 2 rings (SSSR count). The van der Waals surface area contributed by atoms with Crippen molar-refractivity contribution < 1.29 is 27.3 Å². The molecule has 0 aliphatic carbocycles. The van der Waals surface area contributed by atoms with Crippen LogP contribution in [0.4, 0.5) is 5.69 Å². The summed E-state index contributed by atoms with van der Waals surface area (Å²) in [6.45, 7) is 2.82. The second-order valence-electron chi connectivity index (χ2n) is 5.66. The molecule has 2 aromatic carbocycles. The Bertz CT molecular complexity index is 922. The van der Waals surface area contributed by atoms with Crippen molar-refractivity contribution in [2.24, 2.45) is 5.92 Å². The summed E-state index contributed by atoms with van der Waals surface area (Å²) >= 11 is 0. The number of Topliss-reactive ketones (excluding diaryl/α,β-unsaturated/α-hetero) is 1. The van der Waals surface area contributed by atoms with Gasteiger partial charge < -0.3 is 10.1 Å². The Kier molecular flexibility index (Phi) is 5.56. The van der Waals surface area contributed by atoms with Crippen LogP contribution in [0.3, 0.4) is 0 Å². The minimum Gasteiger partial charge on any atom is -0.380 e.